The lowest BCUT2D eigenvalue weighted by Crippen LogP contribution is -2.35. The molecule has 1 aromatic heterocycles. The monoisotopic (exact) mass is 282 g/mol. The summed E-state index contributed by atoms with van der Waals surface area (Å²) in [5.41, 5.74) is 0.128. The normalized spacial score (nSPS) is 10.5. The van der Waals surface area contributed by atoms with E-state index in [9.17, 15) is 9.59 Å². The third-order valence-electron chi connectivity index (χ3n) is 2.69. The summed E-state index contributed by atoms with van der Waals surface area (Å²) >= 11 is 1.14. The second-order valence-corrected chi connectivity index (χ2v) is 4.99. The summed E-state index contributed by atoms with van der Waals surface area (Å²) in [7, 11) is 0. The van der Waals surface area contributed by atoms with E-state index < -0.39 is 5.97 Å². The molecular weight excluding hydrogens is 264 g/mol. The number of rotatable bonds is 7. The van der Waals surface area contributed by atoms with Crippen molar-refractivity contribution < 1.29 is 14.7 Å². The Kier molecular flexibility index (Phi) is 6.35. The van der Waals surface area contributed by atoms with Gasteiger partial charge in [0.2, 0.25) is 5.91 Å². The van der Waals surface area contributed by atoms with Crippen molar-refractivity contribution in [3.63, 3.8) is 0 Å². The predicted octanol–water partition coefficient (Wildman–Crippen LogP) is 2.18. The Morgan fingerprint density at radius 2 is 2.11 bits per heavy atom. The zero-order valence-corrected chi connectivity index (χ0v) is 11.9. The van der Waals surface area contributed by atoms with Crippen LogP contribution in [-0.4, -0.2) is 33.8 Å². The number of amides is 1. The summed E-state index contributed by atoms with van der Waals surface area (Å²) in [5.74, 6) is -0.954. The zero-order chi connectivity index (χ0) is 14.3. The van der Waals surface area contributed by atoms with Crippen LogP contribution in [-0.2, 0) is 4.79 Å². The molecule has 1 rings (SSSR count). The Morgan fingerprint density at radius 1 is 1.42 bits per heavy atom. The number of aromatic nitrogens is 1. The molecule has 0 atom stereocenters. The third kappa shape index (κ3) is 4.90. The Labute approximate surface area is 116 Å². The summed E-state index contributed by atoms with van der Waals surface area (Å²) in [6.07, 6.45) is 3.29. The van der Waals surface area contributed by atoms with Gasteiger partial charge in [0, 0.05) is 12.2 Å². The molecule has 104 valence electrons. The van der Waals surface area contributed by atoms with E-state index in [4.69, 9.17) is 5.11 Å². The fourth-order valence-electron chi connectivity index (χ4n) is 1.56. The SMILES string of the molecule is CCC(CC)NC(=O)CSc1ncccc1C(=O)O. The first-order valence-corrected chi connectivity index (χ1v) is 7.17. The Morgan fingerprint density at radius 3 is 2.68 bits per heavy atom. The summed E-state index contributed by atoms with van der Waals surface area (Å²) < 4.78 is 0. The number of carboxylic acids is 1. The molecule has 0 saturated carbocycles. The summed E-state index contributed by atoms with van der Waals surface area (Å²) in [4.78, 5) is 26.7. The van der Waals surface area contributed by atoms with Crippen LogP contribution in [0.15, 0.2) is 23.4 Å². The Bertz CT molecular complexity index is 447. The van der Waals surface area contributed by atoms with Gasteiger partial charge in [0.05, 0.1) is 11.3 Å². The molecule has 0 bridgehead atoms. The van der Waals surface area contributed by atoms with E-state index in [0.717, 1.165) is 24.6 Å². The fraction of sp³-hybridized carbons (Fsp3) is 0.462. The van der Waals surface area contributed by atoms with E-state index in [1.165, 1.54) is 12.3 Å². The van der Waals surface area contributed by atoms with Crippen molar-refractivity contribution >= 4 is 23.6 Å². The van der Waals surface area contributed by atoms with Crippen LogP contribution in [0, 0.1) is 0 Å². The van der Waals surface area contributed by atoms with E-state index in [0.29, 0.717) is 5.03 Å². The topological polar surface area (TPSA) is 79.3 Å². The maximum atomic E-state index is 11.7. The third-order valence-corrected chi connectivity index (χ3v) is 3.70. The highest BCUT2D eigenvalue weighted by molar-refractivity contribution is 8.00. The van der Waals surface area contributed by atoms with E-state index in [1.54, 1.807) is 6.07 Å². The van der Waals surface area contributed by atoms with Crippen molar-refractivity contribution in [1.29, 1.82) is 0 Å². The van der Waals surface area contributed by atoms with Crippen LogP contribution in [0.1, 0.15) is 37.0 Å². The van der Waals surface area contributed by atoms with Crippen LogP contribution in [0.5, 0.6) is 0 Å². The number of aromatic carboxylic acids is 1. The van der Waals surface area contributed by atoms with Crippen molar-refractivity contribution in [2.24, 2.45) is 0 Å². The van der Waals surface area contributed by atoms with Crippen LogP contribution >= 0.6 is 11.8 Å². The lowest BCUT2D eigenvalue weighted by atomic mass is 10.2. The van der Waals surface area contributed by atoms with Gasteiger partial charge < -0.3 is 10.4 Å². The molecular formula is C13H18N2O3S. The van der Waals surface area contributed by atoms with Crippen LogP contribution in [0.25, 0.3) is 0 Å². The quantitative estimate of drug-likeness (QED) is 0.749. The molecule has 6 heteroatoms. The van der Waals surface area contributed by atoms with Crippen LogP contribution in [0.4, 0.5) is 0 Å². The summed E-state index contributed by atoms with van der Waals surface area (Å²) in [6, 6.07) is 3.23. The highest BCUT2D eigenvalue weighted by atomic mass is 32.2. The number of nitrogens with one attached hydrogen (secondary N) is 1. The molecule has 0 aromatic carbocycles. The van der Waals surface area contributed by atoms with Crippen molar-refractivity contribution in [1.82, 2.24) is 10.3 Å². The average molecular weight is 282 g/mol. The van der Waals surface area contributed by atoms with E-state index >= 15 is 0 Å². The van der Waals surface area contributed by atoms with E-state index in [2.05, 4.69) is 10.3 Å². The first-order valence-electron chi connectivity index (χ1n) is 6.18. The predicted molar refractivity (Wildman–Crippen MR) is 74.4 cm³/mol. The van der Waals surface area contributed by atoms with Gasteiger partial charge in [-0.1, -0.05) is 25.6 Å². The molecule has 0 aliphatic heterocycles. The summed E-state index contributed by atoms with van der Waals surface area (Å²) in [6.45, 7) is 4.03. The number of nitrogens with zero attached hydrogens (tertiary/aromatic N) is 1. The van der Waals surface area contributed by atoms with Gasteiger partial charge in [-0.15, -0.1) is 0 Å². The lowest BCUT2D eigenvalue weighted by molar-refractivity contribution is -0.119. The van der Waals surface area contributed by atoms with Crippen molar-refractivity contribution in [2.75, 3.05) is 5.75 Å². The maximum absolute atomic E-state index is 11.7. The Hall–Kier alpha value is -1.56. The Balaban J connectivity index is 2.57. The molecule has 0 saturated heterocycles. The largest absolute Gasteiger partial charge is 0.478 e. The minimum absolute atomic E-state index is 0.0966. The van der Waals surface area contributed by atoms with Gasteiger partial charge in [-0.3, -0.25) is 4.79 Å². The number of carboxylic acid groups (broad SMARTS) is 1. The molecule has 19 heavy (non-hydrogen) atoms. The highest BCUT2D eigenvalue weighted by Crippen LogP contribution is 2.19. The highest BCUT2D eigenvalue weighted by Gasteiger charge is 2.14. The molecule has 0 radical (unpaired) electrons. The van der Waals surface area contributed by atoms with Gasteiger partial charge in [-0.2, -0.15) is 0 Å². The van der Waals surface area contributed by atoms with E-state index in [-0.39, 0.29) is 23.3 Å². The molecule has 0 spiro atoms. The first kappa shape index (κ1) is 15.5. The second kappa shape index (κ2) is 7.78. The fourth-order valence-corrected chi connectivity index (χ4v) is 2.36. The van der Waals surface area contributed by atoms with Crippen molar-refractivity contribution in [3.8, 4) is 0 Å². The first-order chi connectivity index (χ1) is 9.08. The van der Waals surface area contributed by atoms with Crippen LogP contribution in [0.3, 0.4) is 0 Å². The van der Waals surface area contributed by atoms with E-state index in [1.807, 2.05) is 13.8 Å². The van der Waals surface area contributed by atoms with Gasteiger partial charge >= 0.3 is 5.97 Å². The van der Waals surface area contributed by atoms with Gasteiger partial charge in [0.15, 0.2) is 0 Å². The second-order valence-electron chi connectivity index (χ2n) is 4.03. The minimum Gasteiger partial charge on any atom is -0.478 e. The molecule has 1 heterocycles. The molecule has 1 aromatic rings. The molecule has 0 aliphatic rings. The summed E-state index contributed by atoms with van der Waals surface area (Å²) in [5, 5.41) is 12.3. The minimum atomic E-state index is -1.03. The van der Waals surface area contributed by atoms with Crippen LogP contribution < -0.4 is 5.32 Å². The number of carbonyl (C=O) groups excluding carboxylic acids is 1. The molecule has 0 aliphatic carbocycles. The number of pyridine rings is 1. The molecule has 1 amide bonds. The van der Waals surface area contributed by atoms with Gasteiger partial charge in [0.25, 0.3) is 0 Å². The van der Waals surface area contributed by atoms with Gasteiger partial charge in [-0.25, -0.2) is 9.78 Å². The average Bonchev–Trinajstić information content (AvgIpc) is 2.42. The number of carbonyl (C=O) groups is 2. The molecule has 0 fully saturated rings. The van der Waals surface area contributed by atoms with Gasteiger partial charge in [-0.05, 0) is 25.0 Å². The number of thioether (sulfide) groups is 1. The maximum Gasteiger partial charge on any atom is 0.338 e. The standard InChI is InChI=1S/C13H18N2O3S/c1-3-9(4-2)15-11(16)8-19-12-10(13(17)18)6-5-7-14-12/h5-7,9H,3-4,8H2,1-2H3,(H,15,16)(H,17,18). The van der Waals surface area contributed by atoms with Crippen molar-refractivity contribution in [3.05, 3.63) is 23.9 Å². The smallest absolute Gasteiger partial charge is 0.338 e. The molecule has 5 nitrogen and oxygen atoms in total. The molecule has 2 N–H and O–H groups in total. The van der Waals surface area contributed by atoms with Crippen LogP contribution in [0.2, 0.25) is 0 Å². The lowest BCUT2D eigenvalue weighted by Gasteiger charge is -2.14. The molecule has 0 unspecified atom stereocenters. The zero-order valence-electron chi connectivity index (χ0n) is 11.0. The van der Waals surface area contributed by atoms with Crippen molar-refractivity contribution in [2.45, 2.75) is 37.8 Å². The number of hydrogen-bond donors (Lipinski definition) is 2. The van der Waals surface area contributed by atoms with Gasteiger partial charge in [0.1, 0.15) is 5.03 Å². The number of hydrogen-bond acceptors (Lipinski definition) is 4.